The van der Waals surface area contributed by atoms with Crippen molar-refractivity contribution in [3.05, 3.63) is 81.3 Å². The number of rotatable bonds is 7. The van der Waals surface area contributed by atoms with E-state index in [0.29, 0.717) is 0 Å². The smallest absolute Gasteiger partial charge is 0.174 e. The normalized spacial score (nSPS) is 20.7. The summed E-state index contributed by atoms with van der Waals surface area (Å²) in [5.41, 5.74) is 7.15. The van der Waals surface area contributed by atoms with Crippen molar-refractivity contribution in [1.29, 1.82) is 0 Å². The maximum absolute atomic E-state index is 5.93. The zero-order chi connectivity index (χ0) is 25.2. The number of aryl methyl sites for hydroxylation is 2. The number of hydrogen-bond acceptors (Lipinski definition) is 4. The van der Waals surface area contributed by atoms with Crippen molar-refractivity contribution in [2.75, 3.05) is 37.7 Å². The molecule has 0 spiro atoms. The molecular formula is C28H34BrN5OS. The zero-order valence-corrected chi connectivity index (χ0v) is 23.6. The molecule has 190 valence electrons. The molecule has 3 aromatic rings. The molecule has 2 aliphatic heterocycles. The third kappa shape index (κ3) is 5.09. The van der Waals surface area contributed by atoms with Crippen LogP contribution in [0.3, 0.4) is 0 Å². The molecular weight excluding hydrogens is 534 g/mol. The molecule has 0 saturated carbocycles. The SMILES string of the molecule is Cc1cc(N2C(=S)N[C@@H](c3ccccn3)[C@H]2c2cc(C)n(CCCN3CCOCC3)c2C)ccc1Br. The van der Waals surface area contributed by atoms with Crippen LogP contribution in [0.25, 0.3) is 0 Å². The maximum Gasteiger partial charge on any atom is 0.174 e. The van der Waals surface area contributed by atoms with Crippen molar-refractivity contribution in [3.63, 3.8) is 0 Å². The van der Waals surface area contributed by atoms with Gasteiger partial charge in [-0.05, 0) is 86.9 Å². The first-order valence-corrected chi connectivity index (χ1v) is 13.9. The van der Waals surface area contributed by atoms with Gasteiger partial charge in [0, 0.05) is 53.9 Å². The Bertz CT molecular complexity index is 1220. The highest BCUT2D eigenvalue weighted by molar-refractivity contribution is 9.10. The average Bonchev–Trinajstić information content (AvgIpc) is 3.37. The highest BCUT2D eigenvalue weighted by atomic mass is 79.9. The van der Waals surface area contributed by atoms with Gasteiger partial charge in [0.05, 0.1) is 31.0 Å². The Labute approximate surface area is 227 Å². The van der Waals surface area contributed by atoms with Crippen LogP contribution in [0, 0.1) is 20.8 Å². The quantitative estimate of drug-likeness (QED) is 0.382. The van der Waals surface area contributed by atoms with Gasteiger partial charge in [-0.2, -0.15) is 0 Å². The van der Waals surface area contributed by atoms with Crippen molar-refractivity contribution in [2.45, 2.75) is 45.8 Å². The Morgan fingerprint density at radius 3 is 2.61 bits per heavy atom. The molecule has 1 N–H and O–H groups in total. The van der Waals surface area contributed by atoms with Crippen molar-refractivity contribution in [2.24, 2.45) is 0 Å². The van der Waals surface area contributed by atoms with E-state index < -0.39 is 0 Å². The van der Waals surface area contributed by atoms with Crippen molar-refractivity contribution in [1.82, 2.24) is 19.8 Å². The second-order valence-corrected chi connectivity index (χ2v) is 11.0. The average molecular weight is 569 g/mol. The van der Waals surface area contributed by atoms with Crippen LogP contribution in [0.4, 0.5) is 5.69 Å². The van der Waals surface area contributed by atoms with E-state index in [4.69, 9.17) is 21.9 Å². The van der Waals surface area contributed by atoms with Crippen LogP contribution in [0.1, 0.15) is 46.7 Å². The minimum Gasteiger partial charge on any atom is -0.379 e. The standard InChI is InChI=1S/C28H34BrN5OS/c1-19-17-22(8-9-24(19)29)34-27(26(31-28(34)36)25-7-4-5-10-30-25)23-18-20(2)33(21(23)3)12-6-11-32-13-15-35-16-14-32/h4-5,7-10,17-18,26-27H,6,11-16H2,1-3H3,(H,31,36)/t26-,27+/m0/s1. The first-order chi connectivity index (χ1) is 17.4. The molecule has 6 nitrogen and oxygen atoms in total. The fraction of sp³-hybridized carbons (Fsp3) is 0.429. The van der Waals surface area contributed by atoms with Crippen LogP contribution in [0.2, 0.25) is 0 Å². The van der Waals surface area contributed by atoms with E-state index in [1.807, 2.05) is 18.3 Å². The first kappa shape index (κ1) is 25.4. The molecule has 5 rings (SSSR count). The molecule has 1 aromatic carbocycles. The molecule has 4 heterocycles. The van der Waals surface area contributed by atoms with Gasteiger partial charge in [-0.15, -0.1) is 0 Å². The summed E-state index contributed by atoms with van der Waals surface area (Å²) in [5.74, 6) is 0. The molecule has 36 heavy (non-hydrogen) atoms. The van der Waals surface area contributed by atoms with Crippen molar-refractivity contribution < 1.29 is 4.74 Å². The van der Waals surface area contributed by atoms with Crippen LogP contribution >= 0.6 is 28.1 Å². The molecule has 0 bridgehead atoms. The Morgan fingerprint density at radius 2 is 1.89 bits per heavy atom. The maximum atomic E-state index is 5.93. The lowest BCUT2D eigenvalue weighted by Crippen LogP contribution is -2.37. The fourth-order valence-corrected chi connectivity index (χ4v) is 6.07. The van der Waals surface area contributed by atoms with Gasteiger partial charge in [0.1, 0.15) is 0 Å². The Kier molecular flexibility index (Phi) is 7.76. The summed E-state index contributed by atoms with van der Waals surface area (Å²) in [6.07, 6.45) is 2.98. The summed E-state index contributed by atoms with van der Waals surface area (Å²) in [6, 6.07) is 14.9. The van der Waals surface area contributed by atoms with Crippen LogP contribution in [-0.2, 0) is 11.3 Å². The highest BCUT2D eigenvalue weighted by Gasteiger charge is 2.42. The lowest BCUT2D eigenvalue weighted by atomic mass is 9.96. The molecule has 2 atom stereocenters. The summed E-state index contributed by atoms with van der Waals surface area (Å²) in [7, 11) is 0. The number of anilines is 1. The van der Waals surface area contributed by atoms with Crippen LogP contribution in [0.15, 0.2) is 53.1 Å². The molecule has 2 fully saturated rings. The number of ether oxygens (including phenoxy) is 1. The molecule has 0 unspecified atom stereocenters. The van der Waals surface area contributed by atoms with Gasteiger partial charge in [0.25, 0.3) is 0 Å². The van der Waals surface area contributed by atoms with Gasteiger partial charge in [-0.1, -0.05) is 22.0 Å². The van der Waals surface area contributed by atoms with E-state index in [-0.39, 0.29) is 12.1 Å². The van der Waals surface area contributed by atoms with Crippen molar-refractivity contribution in [3.8, 4) is 0 Å². The summed E-state index contributed by atoms with van der Waals surface area (Å²) in [5, 5.41) is 4.33. The van der Waals surface area contributed by atoms with E-state index in [0.717, 1.165) is 66.8 Å². The number of hydrogen-bond donors (Lipinski definition) is 1. The summed E-state index contributed by atoms with van der Waals surface area (Å²) < 4.78 is 9.07. The lowest BCUT2D eigenvalue weighted by Gasteiger charge is -2.29. The van der Waals surface area contributed by atoms with Gasteiger partial charge >= 0.3 is 0 Å². The fourth-order valence-electron chi connectivity index (χ4n) is 5.48. The molecule has 0 aliphatic carbocycles. The first-order valence-electron chi connectivity index (χ1n) is 12.7. The molecule has 2 aliphatic rings. The number of benzene rings is 1. The van der Waals surface area contributed by atoms with Crippen LogP contribution in [-0.4, -0.2) is 52.4 Å². The number of nitrogens with one attached hydrogen (secondary N) is 1. The number of thiocarbonyl (C=S) groups is 1. The molecule has 0 radical (unpaired) electrons. The van der Waals surface area contributed by atoms with Gasteiger partial charge in [0.2, 0.25) is 0 Å². The lowest BCUT2D eigenvalue weighted by molar-refractivity contribution is 0.0369. The van der Waals surface area contributed by atoms with E-state index in [1.54, 1.807) is 0 Å². The Morgan fingerprint density at radius 1 is 1.08 bits per heavy atom. The monoisotopic (exact) mass is 567 g/mol. The number of halogens is 1. The summed E-state index contributed by atoms with van der Waals surface area (Å²) >= 11 is 9.58. The predicted molar refractivity (Wildman–Crippen MR) is 153 cm³/mol. The third-order valence-corrected chi connectivity index (χ3v) is 8.61. The van der Waals surface area contributed by atoms with E-state index in [1.165, 1.54) is 22.5 Å². The predicted octanol–water partition coefficient (Wildman–Crippen LogP) is 5.47. The van der Waals surface area contributed by atoms with Crippen LogP contribution in [0.5, 0.6) is 0 Å². The zero-order valence-electron chi connectivity index (χ0n) is 21.2. The minimum atomic E-state index is -0.0371. The third-order valence-electron chi connectivity index (χ3n) is 7.41. The second-order valence-electron chi connectivity index (χ2n) is 9.72. The highest BCUT2D eigenvalue weighted by Crippen LogP contribution is 2.43. The molecule has 2 aromatic heterocycles. The topological polar surface area (TPSA) is 45.6 Å². The number of morpholine rings is 1. The summed E-state index contributed by atoms with van der Waals surface area (Å²) in [6.45, 7) is 12.5. The largest absolute Gasteiger partial charge is 0.379 e. The van der Waals surface area contributed by atoms with E-state index in [2.05, 4.69) is 86.7 Å². The van der Waals surface area contributed by atoms with Crippen LogP contribution < -0.4 is 10.2 Å². The number of nitrogens with zero attached hydrogens (tertiary/aromatic N) is 4. The van der Waals surface area contributed by atoms with Gasteiger partial charge < -0.3 is 19.5 Å². The Hall–Kier alpha value is -2.26. The molecule has 8 heteroatoms. The van der Waals surface area contributed by atoms with Crippen molar-refractivity contribution >= 4 is 38.9 Å². The number of aromatic nitrogens is 2. The molecule has 0 amide bonds. The van der Waals surface area contributed by atoms with Gasteiger partial charge in [-0.25, -0.2) is 0 Å². The van der Waals surface area contributed by atoms with E-state index >= 15 is 0 Å². The second kappa shape index (κ2) is 11.0. The summed E-state index contributed by atoms with van der Waals surface area (Å²) in [4.78, 5) is 9.49. The minimum absolute atomic E-state index is 0.00664. The number of pyridine rings is 1. The van der Waals surface area contributed by atoms with E-state index in [9.17, 15) is 0 Å². The Balaban J connectivity index is 1.48. The van der Waals surface area contributed by atoms with Gasteiger partial charge in [0.15, 0.2) is 5.11 Å². The van der Waals surface area contributed by atoms with Gasteiger partial charge in [-0.3, -0.25) is 9.88 Å². The molecule has 2 saturated heterocycles.